The maximum atomic E-state index is 8.44. The average Bonchev–Trinajstić information content (AvgIpc) is 3.04. The van der Waals surface area contributed by atoms with Crippen LogP contribution in [0, 0.1) is 11.3 Å². The van der Waals surface area contributed by atoms with Gasteiger partial charge in [-0.1, -0.05) is 5.16 Å². The van der Waals surface area contributed by atoms with Gasteiger partial charge in [-0.2, -0.15) is 10.2 Å². The van der Waals surface area contributed by atoms with Crippen molar-refractivity contribution < 1.29 is 9.26 Å². The Balaban J connectivity index is 1.63. The molecule has 2 fully saturated rings. The predicted molar refractivity (Wildman–Crippen MR) is 61.3 cm³/mol. The van der Waals surface area contributed by atoms with Crippen LogP contribution in [0.25, 0.3) is 0 Å². The first kappa shape index (κ1) is 11.1. The smallest absolute Gasteiger partial charge is 0.236 e. The van der Waals surface area contributed by atoms with Gasteiger partial charge in [-0.25, -0.2) is 0 Å². The number of hydrogen-bond donors (Lipinski definition) is 0. The fraction of sp³-hybridized carbons (Fsp3) is 0.727. The van der Waals surface area contributed by atoms with Gasteiger partial charge in [0.2, 0.25) is 5.89 Å². The fourth-order valence-electron chi connectivity index (χ4n) is 2.57. The van der Waals surface area contributed by atoms with Gasteiger partial charge in [0, 0.05) is 0 Å². The minimum Gasteiger partial charge on any atom is -0.374 e. The molecule has 0 amide bonds. The van der Waals surface area contributed by atoms with E-state index in [1.807, 2.05) is 0 Å². The molecule has 0 saturated carbocycles. The van der Waals surface area contributed by atoms with E-state index in [0.717, 1.165) is 18.7 Å². The monoisotopic (exact) mass is 251 g/mol. The van der Waals surface area contributed by atoms with E-state index in [0.29, 0.717) is 29.4 Å². The summed E-state index contributed by atoms with van der Waals surface area (Å²) in [6.07, 6.45) is 4.00. The van der Waals surface area contributed by atoms with E-state index in [2.05, 4.69) is 16.2 Å². The van der Waals surface area contributed by atoms with Crippen LogP contribution in [0.1, 0.15) is 36.9 Å². The van der Waals surface area contributed by atoms with Gasteiger partial charge >= 0.3 is 0 Å². The molecule has 1 aromatic rings. The van der Waals surface area contributed by atoms with Crippen LogP contribution in [0.5, 0.6) is 0 Å². The molecule has 2 aliphatic heterocycles. The van der Waals surface area contributed by atoms with Gasteiger partial charge in [-0.05, 0) is 19.3 Å². The zero-order chi connectivity index (χ0) is 11.7. The molecule has 0 aromatic carbocycles. The highest BCUT2D eigenvalue weighted by Gasteiger charge is 2.43. The van der Waals surface area contributed by atoms with Crippen molar-refractivity contribution in [3.05, 3.63) is 11.7 Å². The van der Waals surface area contributed by atoms with Crippen LogP contribution in [-0.2, 0) is 10.5 Å². The van der Waals surface area contributed by atoms with E-state index < -0.39 is 0 Å². The Kier molecular flexibility index (Phi) is 3.04. The van der Waals surface area contributed by atoms with Crippen LogP contribution in [0.2, 0.25) is 0 Å². The van der Waals surface area contributed by atoms with Crippen LogP contribution >= 0.6 is 11.8 Å². The van der Waals surface area contributed by atoms with Crippen molar-refractivity contribution in [3.63, 3.8) is 0 Å². The van der Waals surface area contributed by atoms with Crippen LogP contribution in [-0.4, -0.2) is 28.1 Å². The second kappa shape index (κ2) is 4.67. The molecule has 2 bridgehead atoms. The second-order valence-corrected chi connectivity index (χ2v) is 5.40. The summed E-state index contributed by atoms with van der Waals surface area (Å²) in [5, 5.41) is 12.5. The highest BCUT2D eigenvalue weighted by Crippen LogP contribution is 2.43. The summed E-state index contributed by atoms with van der Waals surface area (Å²) in [7, 11) is 0. The van der Waals surface area contributed by atoms with Crippen LogP contribution in [0.15, 0.2) is 4.52 Å². The lowest BCUT2D eigenvalue weighted by atomic mass is 9.89. The number of hydrogen-bond acceptors (Lipinski definition) is 6. The highest BCUT2D eigenvalue weighted by atomic mass is 32.2. The van der Waals surface area contributed by atoms with Crippen LogP contribution in [0.4, 0.5) is 0 Å². The van der Waals surface area contributed by atoms with Crippen LogP contribution in [0.3, 0.4) is 0 Å². The second-order valence-electron chi connectivity index (χ2n) is 4.41. The van der Waals surface area contributed by atoms with Crippen LogP contribution < -0.4 is 0 Å². The minimum atomic E-state index is 0.289. The normalized spacial score (nSPS) is 30.6. The largest absolute Gasteiger partial charge is 0.374 e. The highest BCUT2D eigenvalue weighted by molar-refractivity contribution is 7.98. The van der Waals surface area contributed by atoms with E-state index in [1.54, 1.807) is 0 Å². The summed E-state index contributed by atoms with van der Waals surface area (Å²) < 4.78 is 11.0. The van der Waals surface area contributed by atoms with E-state index in [9.17, 15) is 0 Å². The summed E-state index contributed by atoms with van der Waals surface area (Å²) in [4.78, 5) is 4.39. The maximum absolute atomic E-state index is 8.44. The molecule has 3 heterocycles. The van der Waals surface area contributed by atoms with E-state index in [-0.39, 0.29) is 6.10 Å². The lowest BCUT2D eigenvalue weighted by Gasteiger charge is -2.13. The first-order chi connectivity index (χ1) is 8.36. The zero-order valence-corrected chi connectivity index (χ0v) is 10.2. The Labute approximate surface area is 104 Å². The van der Waals surface area contributed by atoms with Crippen molar-refractivity contribution in [1.82, 2.24) is 10.1 Å². The maximum Gasteiger partial charge on any atom is 0.236 e. The number of nitrogens with zero attached hydrogens (tertiary/aromatic N) is 3. The van der Waals surface area contributed by atoms with Gasteiger partial charge in [-0.15, -0.1) is 11.8 Å². The standard InChI is InChI=1S/C11H13N3O2S/c12-3-4-17-6-10-13-11(14-16-10)8-5-7-1-2-9(8)15-7/h7-9H,1-2,4-6H2. The Morgan fingerprint density at radius 2 is 2.41 bits per heavy atom. The third kappa shape index (κ3) is 2.17. The molecular weight excluding hydrogens is 238 g/mol. The summed E-state index contributed by atoms with van der Waals surface area (Å²) in [6.45, 7) is 0. The molecule has 3 rings (SSSR count). The molecule has 17 heavy (non-hydrogen) atoms. The third-order valence-corrected chi connectivity index (χ3v) is 4.10. The number of aromatic nitrogens is 2. The SMILES string of the molecule is N#CCSCc1nc(C2CC3CCC2O3)no1. The molecule has 3 unspecified atom stereocenters. The number of ether oxygens (including phenoxy) is 1. The number of nitriles is 1. The molecule has 1 aromatic heterocycles. The average molecular weight is 251 g/mol. The van der Waals surface area contributed by atoms with Gasteiger partial charge in [0.15, 0.2) is 5.82 Å². The van der Waals surface area contributed by atoms with E-state index in [1.165, 1.54) is 18.2 Å². The van der Waals surface area contributed by atoms with Crippen molar-refractivity contribution in [3.8, 4) is 6.07 Å². The van der Waals surface area contributed by atoms with E-state index in [4.69, 9.17) is 14.5 Å². The number of fused-ring (bicyclic) bond motifs is 2. The predicted octanol–water partition coefficient (Wildman–Crippen LogP) is 1.86. The van der Waals surface area contributed by atoms with Gasteiger partial charge in [0.25, 0.3) is 0 Å². The fourth-order valence-corrected chi connectivity index (χ4v) is 3.06. The zero-order valence-electron chi connectivity index (χ0n) is 9.33. The Morgan fingerprint density at radius 3 is 3.12 bits per heavy atom. The topological polar surface area (TPSA) is 71.9 Å². The molecule has 0 radical (unpaired) electrons. The lowest BCUT2D eigenvalue weighted by molar-refractivity contribution is 0.0996. The van der Waals surface area contributed by atoms with Gasteiger partial charge < -0.3 is 9.26 Å². The first-order valence-electron chi connectivity index (χ1n) is 5.79. The first-order valence-corrected chi connectivity index (χ1v) is 6.95. The third-order valence-electron chi connectivity index (χ3n) is 3.31. The summed E-state index contributed by atoms with van der Waals surface area (Å²) in [6, 6.07) is 2.07. The van der Waals surface area contributed by atoms with Crippen molar-refractivity contribution in [2.24, 2.45) is 0 Å². The lowest BCUT2D eigenvalue weighted by Crippen LogP contribution is -2.15. The van der Waals surface area contributed by atoms with Crippen molar-refractivity contribution in [1.29, 1.82) is 5.26 Å². The summed E-state index contributed by atoms with van der Waals surface area (Å²) in [5.74, 6) is 2.77. The molecule has 2 saturated heterocycles. The molecule has 0 spiro atoms. The van der Waals surface area contributed by atoms with Gasteiger partial charge in [-0.3, -0.25) is 0 Å². The minimum absolute atomic E-state index is 0.289. The summed E-state index contributed by atoms with van der Waals surface area (Å²) in [5.41, 5.74) is 0. The number of rotatable bonds is 4. The van der Waals surface area contributed by atoms with Gasteiger partial charge in [0.05, 0.1) is 35.7 Å². The molecule has 0 aliphatic carbocycles. The Morgan fingerprint density at radius 1 is 1.47 bits per heavy atom. The molecule has 0 N–H and O–H groups in total. The van der Waals surface area contributed by atoms with Gasteiger partial charge in [0.1, 0.15) is 0 Å². The van der Waals surface area contributed by atoms with Crippen molar-refractivity contribution >= 4 is 11.8 Å². The molecule has 90 valence electrons. The quantitative estimate of drug-likeness (QED) is 0.760. The molecule has 2 aliphatic rings. The summed E-state index contributed by atoms with van der Waals surface area (Å²) >= 11 is 1.49. The van der Waals surface area contributed by atoms with Crippen molar-refractivity contribution in [2.75, 3.05) is 5.75 Å². The Hall–Kier alpha value is -1.06. The number of thioether (sulfide) groups is 1. The van der Waals surface area contributed by atoms with E-state index >= 15 is 0 Å². The molecule has 5 nitrogen and oxygen atoms in total. The molecule has 6 heteroatoms. The molecule has 3 atom stereocenters. The Bertz CT molecular complexity index is 442. The van der Waals surface area contributed by atoms with Crippen molar-refractivity contribution in [2.45, 2.75) is 43.1 Å². The molecular formula is C11H13N3O2S.